The van der Waals surface area contributed by atoms with Crippen molar-refractivity contribution in [2.45, 2.75) is 20.3 Å². The highest BCUT2D eigenvalue weighted by molar-refractivity contribution is 6.06. The van der Waals surface area contributed by atoms with Gasteiger partial charge >= 0.3 is 0 Å². The number of hydrogen-bond donors (Lipinski definition) is 2. The maximum Gasteiger partial charge on any atom is 0.256 e. The first-order valence-electron chi connectivity index (χ1n) is 6.89. The molecule has 0 fully saturated rings. The van der Waals surface area contributed by atoms with Gasteiger partial charge in [-0.15, -0.1) is 0 Å². The summed E-state index contributed by atoms with van der Waals surface area (Å²) in [6, 6.07) is 11.9. The number of fused-ring (bicyclic) bond motifs is 1. The average Bonchev–Trinajstić information content (AvgIpc) is 2.85. The molecule has 2 N–H and O–H groups in total. The van der Waals surface area contributed by atoms with Crippen LogP contribution in [0.4, 0.5) is 11.4 Å². The first-order chi connectivity index (χ1) is 9.65. The van der Waals surface area contributed by atoms with Gasteiger partial charge in [-0.05, 0) is 55.2 Å². The third-order valence-corrected chi connectivity index (χ3v) is 3.78. The molecule has 0 saturated carbocycles. The van der Waals surface area contributed by atoms with Crippen LogP contribution in [-0.2, 0) is 6.42 Å². The Hall–Kier alpha value is -2.29. The number of aryl methyl sites for hydroxylation is 2. The van der Waals surface area contributed by atoms with Gasteiger partial charge in [0, 0.05) is 23.5 Å². The predicted octanol–water partition coefficient (Wildman–Crippen LogP) is 3.52. The molecule has 102 valence electrons. The van der Waals surface area contributed by atoms with Gasteiger partial charge in [0.25, 0.3) is 5.91 Å². The maximum atomic E-state index is 12.4. The molecule has 2 aromatic rings. The van der Waals surface area contributed by atoms with Crippen LogP contribution in [0.1, 0.15) is 27.0 Å². The van der Waals surface area contributed by atoms with Crippen molar-refractivity contribution in [3.05, 3.63) is 58.7 Å². The first kappa shape index (κ1) is 12.7. The Labute approximate surface area is 119 Å². The number of carbonyl (C=O) groups is 1. The van der Waals surface area contributed by atoms with Gasteiger partial charge < -0.3 is 10.6 Å². The van der Waals surface area contributed by atoms with E-state index in [0.717, 1.165) is 35.3 Å². The lowest BCUT2D eigenvalue weighted by molar-refractivity contribution is 0.102. The fraction of sp³-hybridized carbons (Fsp3) is 0.235. The number of nitrogens with one attached hydrogen (secondary N) is 2. The molecule has 0 aliphatic carbocycles. The number of amides is 1. The molecule has 0 aromatic heterocycles. The molecule has 0 atom stereocenters. The van der Waals surface area contributed by atoms with Crippen molar-refractivity contribution < 1.29 is 4.79 Å². The highest BCUT2D eigenvalue weighted by Crippen LogP contribution is 2.26. The molecule has 0 radical (unpaired) electrons. The van der Waals surface area contributed by atoms with E-state index >= 15 is 0 Å². The summed E-state index contributed by atoms with van der Waals surface area (Å²) < 4.78 is 0. The minimum Gasteiger partial charge on any atom is -0.384 e. The van der Waals surface area contributed by atoms with Crippen molar-refractivity contribution >= 4 is 17.3 Å². The Morgan fingerprint density at radius 2 is 1.90 bits per heavy atom. The van der Waals surface area contributed by atoms with Crippen LogP contribution in [0.25, 0.3) is 0 Å². The summed E-state index contributed by atoms with van der Waals surface area (Å²) in [5.41, 5.74) is 6.08. The summed E-state index contributed by atoms with van der Waals surface area (Å²) in [7, 11) is 0. The highest BCUT2D eigenvalue weighted by atomic mass is 16.1. The summed E-state index contributed by atoms with van der Waals surface area (Å²) in [6.07, 6.45) is 1.02. The molecule has 0 spiro atoms. The molecule has 3 rings (SSSR count). The lowest BCUT2D eigenvalue weighted by Crippen LogP contribution is -2.15. The van der Waals surface area contributed by atoms with E-state index in [9.17, 15) is 4.79 Å². The van der Waals surface area contributed by atoms with E-state index < -0.39 is 0 Å². The van der Waals surface area contributed by atoms with Crippen LogP contribution in [0.3, 0.4) is 0 Å². The molecule has 3 nitrogen and oxygen atoms in total. The molecule has 1 heterocycles. The van der Waals surface area contributed by atoms with E-state index in [1.165, 1.54) is 11.3 Å². The van der Waals surface area contributed by atoms with Crippen LogP contribution < -0.4 is 10.6 Å². The van der Waals surface area contributed by atoms with Crippen LogP contribution in [0, 0.1) is 13.8 Å². The quantitative estimate of drug-likeness (QED) is 0.873. The molecule has 1 aliphatic rings. The molecule has 20 heavy (non-hydrogen) atoms. The number of anilines is 2. The van der Waals surface area contributed by atoms with Gasteiger partial charge in [-0.2, -0.15) is 0 Å². The Morgan fingerprint density at radius 1 is 1.15 bits per heavy atom. The second kappa shape index (κ2) is 5.00. The number of hydrogen-bond acceptors (Lipinski definition) is 2. The van der Waals surface area contributed by atoms with Gasteiger partial charge in [0.2, 0.25) is 0 Å². The molecule has 0 bridgehead atoms. The van der Waals surface area contributed by atoms with Crippen molar-refractivity contribution in [1.29, 1.82) is 0 Å². The molecular weight excluding hydrogens is 248 g/mol. The summed E-state index contributed by atoms with van der Waals surface area (Å²) in [6.45, 7) is 4.91. The van der Waals surface area contributed by atoms with E-state index in [-0.39, 0.29) is 5.91 Å². The van der Waals surface area contributed by atoms with Gasteiger partial charge in [-0.1, -0.05) is 18.2 Å². The zero-order valence-electron chi connectivity index (χ0n) is 11.8. The van der Waals surface area contributed by atoms with Gasteiger partial charge in [-0.3, -0.25) is 4.79 Å². The summed E-state index contributed by atoms with van der Waals surface area (Å²) >= 11 is 0. The topological polar surface area (TPSA) is 41.1 Å². The van der Waals surface area contributed by atoms with Gasteiger partial charge in [-0.25, -0.2) is 0 Å². The third kappa shape index (κ3) is 2.27. The monoisotopic (exact) mass is 266 g/mol. The van der Waals surface area contributed by atoms with Crippen molar-refractivity contribution in [3.63, 3.8) is 0 Å². The zero-order chi connectivity index (χ0) is 14.1. The molecule has 0 saturated heterocycles. The van der Waals surface area contributed by atoms with Gasteiger partial charge in [0.1, 0.15) is 0 Å². The summed E-state index contributed by atoms with van der Waals surface area (Å²) in [4.78, 5) is 12.4. The van der Waals surface area contributed by atoms with Crippen LogP contribution in [0.5, 0.6) is 0 Å². The van der Waals surface area contributed by atoms with Crippen molar-refractivity contribution in [2.75, 3.05) is 17.2 Å². The van der Waals surface area contributed by atoms with Crippen LogP contribution >= 0.6 is 0 Å². The Morgan fingerprint density at radius 3 is 2.65 bits per heavy atom. The minimum atomic E-state index is -0.0356. The van der Waals surface area contributed by atoms with Gasteiger partial charge in [0.05, 0.1) is 0 Å². The maximum absolute atomic E-state index is 12.4. The molecule has 1 amide bonds. The fourth-order valence-electron chi connectivity index (χ4n) is 2.75. The third-order valence-electron chi connectivity index (χ3n) is 3.78. The Balaban J connectivity index is 1.86. The lowest BCUT2D eigenvalue weighted by atomic mass is 10.0. The number of rotatable bonds is 2. The normalized spacial score (nSPS) is 12.7. The molecule has 3 heteroatoms. The minimum absolute atomic E-state index is 0.0356. The van der Waals surface area contributed by atoms with Crippen molar-refractivity contribution in [1.82, 2.24) is 0 Å². The predicted molar refractivity (Wildman–Crippen MR) is 82.5 cm³/mol. The van der Waals surface area contributed by atoms with Crippen LogP contribution in [-0.4, -0.2) is 12.5 Å². The van der Waals surface area contributed by atoms with Crippen LogP contribution in [0.15, 0.2) is 36.4 Å². The lowest BCUT2D eigenvalue weighted by Gasteiger charge is -2.11. The molecule has 1 aliphatic heterocycles. The molecule has 0 unspecified atom stereocenters. The van der Waals surface area contributed by atoms with E-state index in [0.29, 0.717) is 0 Å². The highest BCUT2D eigenvalue weighted by Gasteiger charge is 2.14. The first-order valence-corrected chi connectivity index (χ1v) is 6.89. The number of carbonyl (C=O) groups excluding carboxylic acids is 1. The average molecular weight is 266 g/mol. The van der Waals surface area contributed by atoms with E-state index in [2.05, 4.69) is 16.7 Å². The van der Waals surface area contributed by atoms with E-state index in [1.807, 2.05) is 44.2 Å². The van der Waals surface area contributed by atoms with Gasteiger partial charge in [0.15, 0.2) is 0 Å². The standard InChI is InChI=1S/C17H18N2O/c1-11-4-3-5-12(2)16(11)17(20)19-14-6-7-15-13(10-14)8-9-18-15/h3-7,10,18H,8-9H2,1-2H3,(H,19,20). The zero-order valence-corrected chi connectivity index (χ0v) is 11.8. The smallest absolute Gasteiger partial charge is 0.256 e. The second-order valence-corrected chi connectivity index (χ2v) is 5.27. The largest absolute Gasteiger partial charge is 0.384 e. The SMILES string of the molecule is Cc1cccc(C)c1C(=O)Nc1ccc2c(c1)CCN2. The van der Waals surface area contributed by atoms with Crippen LogP contribution in [0.2, 0.25) is 0 Å². The van der Waals surface area contributed by atoms with E-state index in [1.54, 1.807) is 0 Å². The Bertz CT molecular complexity index is 656. The molecule has 2 aromatic carbocycles. The second-order valence-electron chi connectivity index (χ2n) is 5.27. The number of benzene rings is 2. The van der Waals surface area contributed by atoms with Crippen molar-refractivity contribution in [3.8, 4) is 0 Å². The molecular formula is C17H18N2O. The Kier molecular flexibility index (Phi) is 3.18. The van der Waals surface area contributed by atoms with E-state index in [4.69, 9.17) is 0 Å². The summed E-state index contributed by atoms with van der Waals surface area (Å²) in [5.74, 6) is -0.0356. The van der Waals surface area contributed by atoms with Crippen molar-refractivity contribution in [2.24, 2.45) is 0 Å². The summed E-state index contributed by atoms with van der Waals surface area (Å²) in [5, 5.41) is 6.32. The fourth-order valence-corrected chi connectivity index (χ4v) is 2.75.